The topological polar surface area (TPSA) is 98.5 Å². The zero-order valence-corrected chi connectivity index (χ0v) is 13.2. The zero-order valence-electron chi connectivity index (χ0n) is 12.4. The first-order valence-electron chi connectivity index (χ1n) is 6.98. The Morgan fingerprint density at radius 2 is 2.00 bits per heavy atom. The molecule has 0 spiro atoms. The summed E-state index contributed by atoms with van der Waals surface area (Å²) in [5.74, 6) is -0.165. The Hall–Kier alpha value is -1.60. The highest BCUT2D eigenvalue weighted by molar-refractivity contribution is 7.89. The molecular formula is C14H22N2O4S. The maximum Gasteiger partial charge on any atom is 0.251 e. The van der Waals surface area contributed by atoms with Crippen molar-refractivity contribution >= 4 is 15.9 Å². The molecule has 0 heterocycles. The van der Waals surface area contributed by atoms with E-state index in [-0.39, 0.29) is 22.1 Å². The summed E-state index contributed by atoms with van der Waals surface area (Å²) in [6.45, 7) is 4.68. The number of benzene rings is 1. The number of primary sulfonamides is 1. The summed E-state index contributed by atoms with van der Waals surface area (Å²) in [5.41, 5.74) is 0.249. The number of nitrogens with two attached hydrogens (primary N) is 1. The Morgan fingerprint density at radius 3 is 2.57 bits per heavy atom. The highest BCUT2D eigenvalue weighted by Crippen LogP contribution is 2.24. The molecule has 0 aliphatic rings. The second-order valence-electron chi connectivity index (χ2n) is 4.60. The molecule has 1 aromatic rings. The van der Waals surface area contributed by atoms with Crippen LogP contribution < -0.4 is 15.2 Å². The van der Waals surface area contributed by atoms with Gasteiger partial charge in [-0.1, -0.05) is 19.8 Å². The largest absolute Gasteiger partial charge is 0.492 e. The van der Waals surface area contributed by atoms with E-state index in [2.05, 4.69) is 12.2 Å². The standard InChI is InChI=1S/C14H22N2O4S/c1-3-5-6-9-16-14(17)11-7-8-12(20-4-2)13(10-11)21(15,18)19/h7-8,10H,3-6,9H2,1-2H3,(H,16,17)(H2,15,18,19). The van der Waals surface area contributed by atoms with Crippen LogP contribution in [-0.4, -0.2) is 27.5 Å². The van der Waals surface area contributed by atoms with Crippen LogP contribution in [0, 0.1) is 0 Å². The van der Waals surface area contributed by atoms with Crippen LogP contribution in [0.15, 0.2) is 23.1 Å². The predicted octanol–water partition coefficient (Wildman–Crippen LogP) is 1.65. The lowest BCUT2D eigenvalue weighted by Gasteiger charge is -2.11. The molecule has 21 heavy (non-hydrogen) atoms. The van der Waals surface area contributed by atoms with Gasteiger partial charge >= 0.3 is 0 Å². The Kier molecular flexibility index (Phi) is 6.64. The minimum Gasteiger partial charge on any atom is -0.492 e. The number of ether oxygens (including phenoxy) is 1. The van der Waals surface area contributed by atoms with Gasteiger partial charge in [-0.25, -0.2) is 13.6 Å². The number of hydrogen-bond donors (Lipinski definition) is 2. The maximum absolute atomic E-state index is 12.0. The van der Waals surface area contributed by atoms with Gasteiger partial charge in [-0.3, -0.25) is 4.79 Å². The molecule has 1 amide bonds. The summed E-state index contributed by atoms with van der Waals surface area (Å²) in [6.07, 6.45) is 2.99. The van der Waals surface area contributed by atoms with Crippen molar-refractivity contribution in [1.82, 2.24) is 5.32 Å². The van der Waals surface area contributed by atoms with Crippen LogP contribution in [0.1, 0.15) is 43.5 Å². The van der Waals surface area contributed by atoms with Gasteiger partial charge in [0.1, 0.15) is 10.6 Å². The molecule has 1 aromatic carbocycles. The van der Waals surface area contributed by atoms with Crippen molar-refractivity contribution in [2.75, 3.05) is 13.2 Å². The molecule has 0 unspecified atom stereocenters. The third-order valence-corrected chi connectivity index (χ3v) is 3.81. The highest BCUT2D eigenvalue weighted by atomic mass is 32.2. The van der Waals surface area contributed by atoms with Crippen LogP contribution in [0.25, 0.3) is 0 Å². The lowest BCUT2D eigenvalue weighted by atomic mass is 10.2. The van der Waals surface area contributed by atoms with Crippen molar-refractivity contribution in [2.45, 2.75) is 38.0 Å². The van der Waals surface area contributed by atoms with Crippen molar-refractivity contribution in [3.05, 3.63) is 23.8 Å². The molecule has 0 fully saturated rings. The number of sulfonamides is 1. The fourth-order valence-electron chi connectivity index (χ4n) is 1.83. The number of carbonyl (C=O) groups is 1. The van der Waals surface area contributed by atoms with Crippen molar-refractivity contribution in [3.8, 4) is 5.75 Å². The summed E-state index contributed by atoms with van der Waals surface area (Å²) in [4.78, 5) is 11.8. The van der Waals surface area contributed by atoms with Crippen LogP contribution >= 0.6 is 0 Å². The first-order chi connectivity index (χ1) is 9.90. The minimum atomic E-state index is -3.95. The zero-order chi connectivity index (χ0) is 15.9. The molecule has 0 saturated heterocycles. The molecule has 6 nitrogen and oxygen atoms in total. The van der Waals surface area contributed by atoms with Crippen LogP contribution in [-0.2, 0) is 10.0 Å². The SMILES string of the molecule is CCCCCNC(=O)c1ccc(OCC)c(S(N)(=O)=O)c1. The van der Waals surface area contributed by atoms with Crippen molar-refractivity contribution in [3.63, 3.8) is 0 Å². The van der Waals surface area contributed by atoms with E-state index >= 15 is 0 Å². The molecular weight excluding hydrogens is 292 g/mol. The van der Waals surface area contributed by atoms with E-state index < -0.39 is 10.0 Å². The van der Waals surface area contributed by atoms with Crippen molar-refractivity contribution < 1.29 is 17.9 Å². The fraction of sp³-hybridized carbons (Fsp3) is 0.500. The fourth-order valence-corrected chi connectivity index (χ4v) is 2.52. The molecule has 0 saturated carbocycles. The third-order valence-electron chi connectivity index (χ3n) is 2.88. The van der Waals surface area contributed by atoms with Gasteiger partial charge in [0, 0.05) is 12.1 Å². The predicted molar refractivity (Wildman–Crippen MR) is 80.8 cm³/mol. The highest BCUT2D eigenvalue weighted by Gasteiger charge is 2.18. The first kappa shape index (κ1) is 17.5. The summed E-state index contributed by atoms with van der Waals surface area (Å²) < 4.78 is 28.4. The van der Waals surface area contributed by atoms with E-state index in [1.54, 1.807) is 6.92 Å². The van der Waals surface area contributed by atoms with Gasteiger partial charge in [-0.2, -0.15) is 0 Å². The lowest BCUT2D eigenvalue weighted by Crippen LogP contribution is -2.25. The van der Waals surface area contributed by atoms with Crippen LogP contribution in [0.2, 0.25) is 0 Å². The maximum atomic E-state index is 12.0. The molecule has 1 rings (SSSR count). The van der Waals surface area contributed by atoms with Gasteiger partial charge in [0.25, 0.3) is 5.91 Å². The van der Waals surface area contributed by atoms with Gasteiger partial charge in [-0.15, -0.1) is 0 Å². The van der Waals surface area contributed by atoms with E-state index in [9.17, 15) is 13.2 Å². The second kappa shape index (κ2) is 7.99. The molecule has 3 N–H and O–H groups in total. The summed E-state index contributed by atoms with van der Waals surface area (Å²) >= 11 is 0. The van der Waals surface area contributed by atoms with Crippen LogP contribution in [0.4, 0.5) is 0 Å². The molecule has 0 atom stereocenters. The number of unbranched alkanes of at least 4 members (excludes halogenated alkanes) is 2. The summed E-state index contributed by atoms with van der Waals surface area (Å²) in [5, 5.41) is 7.91. The average Bonchev–Trinajstić information content (AvgIpc) is 2.43. The molecule has 0 radical (unpaired) electrons. The van der Waals surface area contributed by atoms with Gasteiger partial charge in [0.2, 0.25) is 10.0 Å². The van der Waals surface area contributed by atoms with E-state index in [1.165, 1.54) is 18.2 Å². The number of amides is 1. The number of nitrogens with one attached hydrogen (secondary N) is 1. The van der Waals surface area contributed by atoms with E-state index in [0.29, 0.717) is 13.2 Å². The van der Waals surface area contributed by atoms with Crippen molar-refractivity contribution in [1.29, 1.82) is 0 Å². The van der Waals surface area contributed by atoms with E-state index in [0.717, 1.165) is 19.3 Å². The van der Waals surface area contributed by atoms with E-state index in [4.69, 9.17) is 9.88 Å². The Balaban J connectivity index is 2.92. The molecule has 7 heteroatoms. The summed E-state index contributed by atoms with van der Waals surface area (Å²) in [6, 6.07) is 4.22. The summed E-state index contributed by atoms with van der Waals surface area (Å²) in [7, 11) is -3.95. The van der Waals surface area contributed by atoms with Crippen molar-refractivity contribution in [2.24, 2.45) is 5.14 Å². The minimum absolute atomic E-state index is 0.155. The van der Waals surface area contributed by atoms with Gasteiger partial charge in [0.05, 0.1) is 6.61 Å². The smallest absolute Gasteiger partial charge is 0.251 e. The monoisotopic (exact) mass is 314 g/mol. The Labute approximate surface area is 125 Å². The normalized spacial score (nSPS) is 11.2. The van der Waals surface area contributed by atoms with Gasteiger partial charge in [-0.05, 0) is 31.5 Å². The molecule has 118 valence electrons. The number of hydrogen-bond acceptors (Lipinski definition) is 4. The Bertz CT molecular complexity index is 585. The van der Waals surface area contributed by atoms with Gasteiger partial charge in [0.15, 0.2) is 0 Å². The number of carbonyl (C=O) groups excluding carboxylic acids is 1. The quantitative estimate of drug-likeness (QED) is 0.713. The Morgan fingerprint density at radius 1 is 1.29 bits per heavy atom. The molecule has 0 bridgehead atoms. The van der Waals surface area contributed by atoms with Crippen LogP contribution in [0.5, 0.6) is 5.75 Å². The molecule has 0 aliphatic heterocycles. The van der Waals surface area contributed by atoms with Crippen LogP contribution in [0.3, 0.4) is 0 Å². The first-order valence-corrected chi connectivity index (χ1v) is 8.52. The average molecular weight is 314 g/mol. The third kappa shape index (κ3) is 5.35. The molecule has 0 aromatic heterocycles. The second-order valence-corrected chi connectivity index (χ2v) is 6.13. The number of rotatable bonds is 8. The lowest BCUT2D eigenvalue weighted by molar-refractivity contribution is 0.0952. The molecule has 0 aliphatic carbocycles. The van der Waals surface area contributed by atoms with Gasteiger partial charge < -0.3 is 10.1 Å². The van der Waals surface area contributed by atoms with E-state index in [1.807, 2.05) is 0 Å².